The maximum absolute atomic E-state index is 12.9. The van der Waals surface area contributed by atoms with E-state index in [1.165, 1.54) is 23.6 Å². The molecule has 0 radical (unpaired) electrons. The van der Waals surface area contributed by atoms with Gasteiger partial charge in [-0.3, -0.25) is 14.4 Å². The number of rotatable bonds is 19. The van der Waals surface area contributed by atoms with Crippen molar-refractivity contribution in [2.24, 2.45) is 11.8 Å². The number of carboxylic acids is 1. The Labute approximate surface area is 216 Å². The predicted octanol–water partition coefficient (Wildman–Crippen LogP) is 1.64. The number of nitrogens with one attached hydrogen (secondary N) is 3. The minimum Gasteiger partial charge on any atom is -0.481 e. The van der Waals surface area contributed by atoms with Gasteiger partial charge in [-0.05, 0) is 12.3 Å². The van der Waals surface area contributed by atoms with E-state index in [1.807, 2.05) is 0 Å². The summed E-state index contributed by atoms with van der Waals surface area (Å²) in [6.07, 6.45) is 7.67. The van der Waals surface area contributed by atoms with E-state index in [4.69, 9.17) is 4.74 Å². The third kappa shape index (κ3) is 13.0. The van der Waals surface area contributed by atoms with Gasteiger partial charge >= 0.3 is 5.97 Å². The van der Waals surface area contributed by atoms with Crippen LogP contribution in [0.5, 0.6) is 0 Å². The van der Waals surface area contributed by atoms with Gasteiger partial charge in [0.25, 0.3) is 10.2 Å². The number of carbonyl (C=O) groups excluding carboxylic acids is 2. The fourth-order valence-electron chi connectivity index (χ4n) is 4.04. The molecule has 1 rings (SSSR count). The van der Waals surface area contributed by atoms with Gasteiger partial charge in [0.2, 0.25) is 11.8 Å². The largest absolute Gasteiger partial charge is 0.481 e. The highest BCUT2D eigenvalue weighted by molar-refractivity contribution is 7.87. The zero-order valence-electron chi connectivity index (χ0n) is 22.1. The molecular formula is C24H46N4O7S. The Morgan fingerprint density at radius 3 is 2.14 bits per heavy atom. The van der Waals surface area contributed by atoms with Crippen molar-refractivity contribution in [3.05, 3.63) is 0 Å². The first-order chi connectivity index (χ1) is 17.1. The molecule has 36 heavy (non-hydrogen) atoms. The van der Waals surface area contributed by atoms with Gasteiger partial charge in [-0.15, -0.1) is 0 Å². The molecule has 4 N–H and O–H groups in total. The van der Waals surface area contributed by atoms with Crippen LogP contribution in [0.3, 0.4) is 0 Å². The van der Waals surface area contributed by atoms with Gasteiger partial charge in [0.1, 0.15) is 6.04 Å². The molecule has 12 heteroatoms. The van der Waals surface area contributed by atoms with Gasteiger partial charge in [-0.1, -0.05) is 65.7 Å². The van der Waals surface area contributed by atoms with E-state index < -0.39 is 40.0 Å². The summed E-state index contributed by atoms with van der Waals surface area (Å²) in [4.78, 5) is 36.9. The highest BCUT2D eigenvalue weighted by atomic mass is 32.2. The van der Waals surface area contributed by atoms with E-state index in [2.05, 4.69) is 22.3 Å². The molecule has 2 amide bonds. The van der Waals surface area contributed by atoms with E-state index in [-0.39, 0.29) is 38.5 Å². The minimum atomic E-state index is -3.65. The standard InChI is InChI=1S/C24H46N4O7S/c1-4-5-6-7-8-9-10-11-20(18-21(29)30)23(31)27-22(19(2)3)24(32)25-12-13-26-36(33,34)28-14-16-35-17-15-28/h19-20,22,26H,4-18H2,1-3H3,(H,25,32)(H,27,31)(H,29,30)/t20-,22+/m0/s1. The van der Waals surface area contributed by atoms with Crippen LogP contribution in [0.2, 0.25) is 0 Å². The summed E-state index contributed by atoms with van der Waals surface area (Å²) in [5.74, 6) is -2.86. The lowest BCUT2D eigenvalue weighted by Gasteiger charge is -2.26. The highest BCUT2D eigenvalue weighted by Gasteiger charge is 2.29. The van der Waals surface area contributed by atoms with Crippen LogP contribution in [0.1, 0.15) is 78.6 Å². The molecule has 0 aromatic rings. The Bertz CT molecular complexity index is 770. The lowest BCUT2D eigenvalue weighted by molar-refractivity contribution is -0.141. The second-order valence-electron chi connectivity index (χ2n) is 9.64. The van der Waals surface area contributed by atoms with Gasteiger partial charge in [0, 0.05) is 32.1 Å². The first kappa shape index (κ1) is 32.3. The Hall–Kier alpha value is -1.76. The average Bonchev–Trinajstić information content (AvgIpc) is 2.83. The number of nitrogens with zero attached hydrogens (tertiary/aromatic N) is 1. The van der Waals surface area contributed by atoms with E-state index in [0.29, 0.717) is 19.6 Å². The molecule has 1 aliphatic heterocycles. The summed E-state index contributed by atoms with van der Waals surface area (Å²) in [6.45, 7) is 7.03. The second-order valence-corrected chi connectivity index (χ2v) is 11.4. The zero-order chi connectivity index (χ0) is 27.0. The molecule has 1 saturated heterocycles. The van der Waals surface area contributed by atoms with Crippen LogP contribution >= 0.6 is 0 Å². The molecule has 1 aliphatic rings. The summed E-state index contributed by atoms with van der Waals surface area (Å²) >= 11 is 0. The molecule has 0 spiro atoms. The average molecular weight is 535 g/mol. The summed E-state index contributed by atoms with van der Waals surface area (Å²) < 4.78 is 33.5. The van der Waals surface area contributed by atoms with E-state index in [0.717, 1.165) is 25.7 Å². The van der Waals surface area contributed by atoms with Crippen LogP contribution in [-0.4, -0.2) is 81.0 Å². The lowest BCUT2D eigenvalue weighted by atomic mass is 9.94. The minimum absolute atomic E-state index is 0.00405. The molecule has 0 aliphatic carbocycles. The predicted molar refractivity (Wildman–Crippen MR) is 137 cm³/mol. The number of aliphatic carboxylic acids is 1. The Morgan fingerprint density at radius 2 is 1.56 bits per heavy atom. The highest BCUT2D eigenvalue weighted by Crippen LogP contribution is 2.17. The van der Waals surface area contributed by atoms with Gasteiger partial charge in [0.15, 0.2) is 0 Å². The number of morpholine rings is 1. The lowest BCUT2D eigenvalue weighted by Crippen LogP contribution is -2.53. The van der Waals surface area contributed by atoms with Crippen molar-refractivity contribution in [2.45, 2.75) is 84.6 Å². The Morgan fingerprint density at radius 1 is 0.944 bits per heavy atom. The topological polar surface area (TPSA) is 154 Å². The normalized spacial score (nSPS) is 16.4. The van der Waals surface area contributed by atoms with Crippen LogP contribution < -0.4 is 15.4 Å². The molecule has 0 aromatic carbocycles. The number of ether oxygens (including phenoxy) is 1. The molecule has 11 nitrogen and oxygen atoms in total. The SMILES string of the molecule is CCCCCCCCC[C@@H](CC(=O)O)C(=O)N[C@@H](C(=O)NCCNS(=O)(=O)N1CCOCC1)C(C)C. The van der Waals surface area contributed by atoms with Crippen LogP contribution in [0.4, 0.5) is 0 Å². The van der Waals surface area contributed by atoms with Crippen molar-refractivity contribution in [3.8, 4) is 0 Å². The number of unbranched alkanes of at least 4 members (excludes halogenated alkanes) is 6. The van der Waals surface area contributed by atoms with Gasteiger partial charge in [-0.2, -0.15) is 12.7 Å². The molecule has 1 fully saturated rings. The third-order valence-electron chi connectivity index (χ3n) is 6.21. The van der Waals surface area contributed by atoms with Crippen LogP contribution in [-0.2, 0) is 29.3 Å². The third-order valence-corrected chi connectivity index (χ3v) is 7.83. The van der Waals surface area contributed by atoms with Crippen molar-refractivity contribution >= 4 is 28.0 Å². The van der Waals surface area contributed by atoms with E-state index in [1.54, 1.807) is 13.8 Å². The quantitative estimate of drug-likeness (QED) is 0.184. The first-order valence-corrected chi connectivity index (χ1v) is 14.6. The van der Waals surface area contributed by atoms with Gasteiger partial charge < -0.3 is 20.5 Å². The maximum atomic E-state index is 12.9. The number of carbonyl (C=O) groups is 3. The fraction of sp³-hybridized carbons (Fsp3) is 0.875. The number of hydrogen-bond acceptors (Lipinski definition) is 6. The van der Waals surface area contributed by atoms with E-state index >= 15 is 0 Å². The maximum Gasteiger partial charge on any atom is 0.304 e. The molecular weight excluding hydrogens is 488 g/mol. The molecule has 0 bridgehead atoms. The number of hydrogen-bond donors (Lipinski definition) is 4. The van der Waals surface area contributed by atoms with Crippen molar-refractivity contribution < 1.29 is 32.6 Å². The van der Waals surface area contributed by atoms with Crippen LogP contribution in [0, 0.1) is 11.8 Å². The number of amides is 2. The van der Waals surface area contributed by atoms with Crippen LogP contribution in [0.25, 0.3) is 0 Å². The zero-order valence-corrected chi connectivity index (χ0v) is 22.9. The van der Waals surface area contributed by atoms with Crippen molar-refractivity contribution in [2.75, 3.05) is 39.4 Å². The van der Waals surface area contributed by atoms with Crippen molar-refractivity contribution in [1.82, 2.24) is 19.7 Å². The van der Waals surface area contributed by atoms with Crippen molar-refractivity contribution in [3.63, 3.8) is 0 Å². The van der Waals surface area contributed by atoms with Crippen molar-refractivity contribution in [1.29, 1.82) is 0 Å². The summed E-state index contributed by atoms with van der Waals surface area (Å²) in [5.41, 5.74) is 0. The first-order valence-electron chi connectivity index (χ1n) is 13.2. The fourth-order valence-corrected chi connectivity index (χ4v) is 5.22. The molecule has 2 atom stereocenters. The molecule has 1 heterocycles. The number of carboxylic acid groups (broad SMARTS) is 1. The van der Waals surface area contributed by atoms with Gasteiger partial charge in [0.05, 0.1) is 19.6 Å². The van der Waals surface area contributed by atoms with E-state index in [9.17, 15) is 27.9 Å². The second kappa shape index (κ2) is 17.7. The molecule has 0 saturated carbocycles. The monoisotopic (exact) mass is 534 g/mol. The Balaban J connectivity index is 2.52. The molecule has 0 aromatic heterocycles. The Kier molecular flexibility index (Phi) is 15.8. The smallest absolute Gasteiger partial charge is 0.304 e. The molecule has 0 unspecified atom stereocenters. The summed E-state index contributed by atoms with van der Waals surface area (Å²) in [7, 11) is -3.65. The van der Waals surface area contributed by atoms with Gasteiger partial charge in [-0.25, -0.2) is 4.72 Å². The van der Waals surface area contributed by atoms with Crippen LogP contribution in [0.15, 0.2) is 0 Å². The molecule has 210 valence electrons. The summed E-state index contributed by atoms with van der Waals surface area (Å²) in [6, 6.07) is -0.848. The summed E-state index contributed by atoms with van der Waals surface area (Å²) in [5, 5.41) is 14.6.